The molecule has 0 saturated heterocycles. The second-order valence-electron chi connectivity index (χ2n) is 4.03. The van der Waals surface area contributed by atoms with Gasteiger partial charge in [0.15, 0.2) is 0 Å². The molecule has 1 atom stereocenters. The van der Waals surface area contributed by atoms with Crippen LogP contribution in [0.5, 0.6) is 0 Å². The lowest BCUT2D eigenvalue weighted by Crippen LogP contribution is -2.46. The molecule has 6 heteroatoms. The number of nitrogens with zero attached hydrogens (tertiary/aromatic N) is 3. The fourth-order valence-electron chi connectivity index (χ4n) is 1.47. The van der Waals surface area contributed by atoms with E-state index in [9.17, 15) is 0 Å². The van der Waals surface area contributed by atoms with Crippen LogP contribution in [0.2, 0.25) is 0 Å². The Balaban J connectivity index is 2.36. The molecule has 96 valence electrons. The third-order valence-corrected chi connectivity index (χ3v) is 2.35. The molecule has 17 heavy (non-hydrogen) atoms. The number of aliphatic imine (C=N–C) groups is 1. The van der Waals surface area contributed by atoms with Crippen molar-refractivity contribution in [3.8, 4) is 0 Å². The second-order valence-corrected chi connectivity index (χ2v) is 4.03. The normalized spacial score (nSPS) is 13.5. The topological polar surface area (TPSA) is 80.3 Å². The van der Waals surface area contributed by atoms with Crippen LogP contribution in [-0.2, 0) is 6.54 Å². The van der Waals surface area contributed by atoms with Gasteiger partial charge in [0.25, 0.3) is 0 Å². The largest absolute Gasteiger partial charge is 0.351 e. The Kier molecular flexibility index (Phi) is 6.09. The Morgan fingerprint density at radius 3 is 3.00 bits per heavy atom. The van der Waals surface area contributed by atoms with E-state index in [1.54, 1.807) is 12.5 Å². The average Bonchev–Trinajstić information content (AvgIpc) is 2.80. The summed E-state index contributed by atoms with van der Waals surface area (Å²) in [4.78, 5) is 8.35. The Hall–Kier alpha value is -1.56. The number of imidazole rings is 1. The van der Waals surface area contributed by atoms with Crippen molar-refractivity contribution in [2.45, 2.75) is 39.3 Å². The van der Waals surface area contributed by atoms with Crippen LogP contribution < -0.4 is 16.6 Å². The van der Waals surface area contributed by atoms with E-state index >= 15 is 0 Å². The number of hydrogen-bond donors (Lipinski definition) is 3. The van der Waals surface area contributed by atoms with Crippen LogP contribution in [0.15, 0.2) is 23.7 Å². The van der Waals surface area contributed by atoms with Gasteiger partial charge in [0, 0.05) is 31.5 Å². The summed E-state index contributed by atoms with van der Waals surface area (Å²) < 4.78 is 2.01. The highest BCUT2D eigenvalue weighted by Gasteiger charge is 2.04. The molecule has 0 radical (unpaired) electrons. The highest BCUT2D eigenvalue weighted by Crippen LogP contribution is 1.92. The minimum absolute atomic E-state index is 0.237. The van der Waals surface area contributed by atoms with E-state index in [0.29, 0.717) is 5.96 Å². The number of nitrogens with one attached hydrogen (secondary N) is 2. The Labute approximate surface area is 102 Å². The molecule has 1 heterocycles. The van der Waals surface area contributed by atoms with Crippen LogP contribution in [-0.4, -0.2) is 28.1 Å². The summed E-state index contributed by atoms with van der Waals surface area (Å²) in [6.45, 7) is 5.84. The molecule has 1 rings (SSSR count). The molecule has 0 aliphatic carbocycles. The summed E-state index contributed by atoms with van der Waals surface area (Å²) in [5, 5.41) is 3.23. The maximum Gasteiger partial charge on any atom is 0.205 e. The van der Waals surface area contributed by atoms with E-state index in [1.165, 1.54) is 0 Å². The zero-order valence-electron chi connectivity index (χ0n) is 10.6. The van der Waals surface area contributed by atoms with Crippen LogP contribution in [0.3, 0.4) is 0 Å². The molecule has 1 unspecified atom stereocenters. The smallest absolute Gasteiger partial charge is 0.205 e. The van der Waals surface area contributed by atoms with Gasteiger partial charge in [-0.1, -0.05) is 13.3 Å². The summed E-state index contributed by atoms with van der Waals surface area (Å²) in [5.41, 5.74) is 2.59. The van der Waals surface area contributed by atoms with Crippen molar-refractivity contribution in [1.29, 1.82) is 0 Å². The molecule has 0 aliphatic rings. The van der Waals surface area contributed by atoms with E-state index in [0.717, 1.165) is 25.9 Å². The minimum Gasteiger partial charge on any atom is -0.351 e. The van der Waals surface area contributed by atoms with Crippen molar-refractivity contribution in [2.24, 2.45) is 10.8 Å². The predicted octanol–water partition coefficient (Wildman–Crippen LogP) is 0.481. The molecule has 1 aromatic rings. The first-order valence-corrected chi connectivity index (χ1v) is 5.99. The molecule has 6 nitrogen and oxygen atoms in total. The average molecular weight is 238 g/mol. The minimum atomic E-state index is 0.237. The summed E-state index contributed by atoms with van der Waals surface area (Å²) in [6.07, 6.45) is 7.70. The maximum absolute atomic E-state index is 5.41. The highest BCUT2D eigenvalue weighted by molar-refractivity contribution is 5.79. The van der Waals surface area contributed by atoms with Gasteiger partial charge in [-0.15, -0.1) is 0 Å². The third kappa shape index (κ3) is 5.35. The van der Waals surface area contributed by atoms with Gasteiger partial charge in [0.05, 0.1) is 6.33 Å². The molecule has 4 N–H and O–H groups in total. The van der Waals surface area contributed by atoms with Gasteiger partial charge in [0.2, 0.25) is 5.96 Å². The summed E-state index contributed by atoms with van der Waals surface area (Å²) in [6, 6.07) is 0.237. The monoisotopic (exact) mass is 238 g/mol. The van der Waals surface area contributed by atoms with E-state index in [1.807, 2.05) is 10.8 Å². The van der Waals surface area contributed by atoms with Gasteiger partial charge >= 0.3 is 0 Å². The molecule has 0 aliphatic heterocycles. The first-order valence-electron chi connectivity index (χ1n) is 5.99. The van der Waals surface area contributed by atoms with E-state index in [2.05, 4.69) is 34.6 Å². The number of rotatable bonds is 6. The van der Waals surface area contributed by atoms with E-state index < -0.39 is 0 Å². The number of guanidine groups is 1. The van der Waals surface area contributed by atoms with Crippen LogP contribution in [0.25, 0.3) is 0 Å². The lowest BCUT2D eigenvalue weighted by molar-refractivity contribution is 0.537. The summed E-state index contributed by atoms with van der Waals surface area (Å²) in [5.74, 6) is 6.06. The quantitative estimate of drug-likeness (QED) is 0.221. The van der Waals surface area contributed by atoms with Crippen LogP contribution >= 0.6 is 0 Å². The maximum atomic E-state index is 5.41. The standard InChI is InChI=1S/C11H22N6/c1-3-4-5-14-11(16-12)15-10(2)8-17-7-6-13-9-17/h6-7,9-10H,3-5,8,12H2,1-2H3,(H2,14,15,16). The van der Waals surface area contributed by atoms with Crippen LogP contribution in [0, 0.1) is 0 Å². The molecule has 0 fully saturated rings. The third-order valence-electron chi connectivity index (χ3n) is 2.35. The Morgan fingerprint density at radius 1 is 1.59 bits per heavy atom. The van der Waals surface area contributed by atoms with Gasteiger partial charge in [-0.05, 0) is 13.3 Å². The SMILES string of the molecule is CCCCN=C(NN)NC(C)Cn1ccnc1. The van der Waals surface area contributed by atoms with Gasteiger partial charge in [-0.25, -0.2) is 10.8 Å². The first-order chi connectivity index (χ1) is 8.26. The molecule has 0 amide bonds. The van der Waals surface area contributed by atoms with Gasteiger partial charge in [-0.3, -0.25) is 10.4 Å². The van der Waals surface area contributed by atoms with Crippen molar-refractivity contribution in [3.05, 3.63) is 18.7 Å². The van der Waals surface area contributed by atoms with Gasteiger partial charge < -0.3 is 9.88 Å². The summed E-state index contributed by atoms with van der Waals surface area (Å²) >= 11 is 0. The molecule has 0 bridgehead atoms. The van der Waals surface area contributed by atoms with Crippen LogP contribution in [0.1, 0.15) is 26.7 Å². The predicted molar refractivity (Wildman–Crippen MR) is 69.4 cm³/mol. The fraction of sp³-hybridized carbons (Fsp3) is 0.636. The lowest BCUT2D eigenvalue weighted by atomic mass is 10.3. The number of nitrogens with two attached hydrogens (primary N) is 1. The van der Waals surface area contributed by atoms with Crippen molar-refractivity contribution >= 4 is 5.96 Å². The van der Waals surface area contributed by atoms with E-state index in [4.69, 9.17) is 5.84 Å². The van der Waals surface area contributed by atoms with Crippen molar-refractivity contribution in [3.63, 3.8) is 0 Å². The molecule has 0 saturated carbocycles. The molecule has 0 aromatic carbocycles. The van der Waals surface area contributed by atoms with Gasteiger partial charge in [0.1, 0.15) is 0 Å². The fourth-order valence-corrected chi connectivity index (χ4v) is 1.47. The molecule has 1 aromatic heterocycles. The first kappa shape index (κ1) is 13.5. The van der Waals surface area contributed by atoms with Crippen molar-refractivity contribution in [2.75, 3.05) is 6.54 Å². The number of unbranched alkanes of at least 4 members (excludes halogenated alkanes) is 1. The lowest BCUT2D eigenvalue weighted by Gasteiger charge is -2.16. The Bertz CT molecular complexity index is 319. The highest BCUT2D eigenvalue weighted by atomic mass is 15.3. The van der Waals surface area contributed by atoms with Crippen molar-refractivity contribution < 1.29 is 0 Å². The zero-order chi connectivity index (χ0) is 12.5. The molecular formula is C11H22N6. The number of hydrogen-bond acceptors (Lipinski definition) is 3. The zero-order valence-corrected chi connectivity index (χ0v) is 10.6. The van der Waals surface area contributed by atoms with Crippen LogP contribution in [0.4, 0.5) is 0 Å². The summed E-state index contributed by atoms with van der Waals surface area (Å²) in [7, 11) is 0. The number of hydrazine groups is 1. The Morgan fingerprint density at radius 2 is 2.41 bits per heavy atom. The number of aromatic nitrogens is 2. The van der Waals surface area contributed by atoms with Gasteiger partial charge in [-0.2, -0.15) is 0 Å². The molecule has 0 spiro atoms. The second kappa shape index (κ2) is 7.67. The van der Waals surface area contributed by atoms with Crippen molar-refractivity contribution in [1.82, 2.24) is 20.3 Å². The molecular weight excluding hydrogens is 216 g/mol. The van der Waals surface area contributed by atoms with E-state index in [-0.39, 0.29) is 6.04 Å².